The van der Waals surface area contributed by atoms with Crippen molar-refractivity contribution >= 4 is 23.7 Å². The summed E-state index contributed by atoms with van der Waals surface area (Å²) in [5.74, 6) is -2.02. The van der Waals surface area contributed by atoms with Gasteiger partial charge in [0.05, 0.1) is 4.92 Å². The zero-order valence-electron chi connectivity index (χ0n) is 9.32. The first kappa shape index (κ1) is 13.4. The molecule has 0 spiro atoms. The SMILES string of the molecule is CC(=O)Oc1ccc(C=CC(=O)O)cc1[N+](=O)[O-]. The fraction of sp³-hybridized carbons (Fsp3) is 0.0909. The predicted octanol–water partition coefficient (Wildman–Crippen LogP) is 1.62. The lowest BCUT2D eigenvalue weighted by Crippen LogP contribution is -2.04. The molecule has 0 aliphatic carbocycles. The van der Waals surface area contributed by atoms with Crippen molar-refractivity contribution in [3.8, 4) is 5.75 Å². The van der Waals surface area contributed by atoms with Gasteiger partial charge in [-0.25, -0.2) is 4.79 Å². The lowest BCUT2D eigenvalue weighted by Gasteiger charge is -2.03. The maximum Gasteiger partial charge on any atom is 0.328 e. The van der Waals surface area contributed by atoms with Crippen LogP contribution in [0.4, 0.5) is 5.69 Å². The van der Waals surface area contributed by atoms with Gasteiger partial charge < -0.3 is 9.84 Å². The van der Waals surface area contributed by atoms with Gasteiger partial charge in [-0.05, 0) is 17.7 Å². The summed E-state index contributed by atoms with van der Waals surface area (Å²) in [6, 6.07) is 3.77. The molecular weight excluding hydrogens is 242 g/mol. The summed E-state index contributed by atoms with van der Waals surface area (Å²) in [7, 11) is 0. The molecule has 0 amide bonds. The number of carbonyl (C=O) groups excluding carboxylic acids is 1. The van der Waals surface area contributed by atoms with Crippen molar-refractivity contribution in [2.45, 2.75) is 6.92 Å². The summed E-state index contributed by atoms with van der Waals surface area (Å²) in [4.78, 5) is 31.1. The van der Waals surface area contributed by atoms with Crippen LogP contribution in [0.2, 0.25) is 0 Å². The average Bonchev–Trinajstić information content (AvgIpc) is 2.26. The molecule has 0 saturated heterocycles. The highest BCUT2D eigenvalue weighted by atomic mass is 16.6. The Hall–Kier alpha value is -2.70. The second-order valence-corrected chi connectivity index (χ2v) is 3.25. The third-order valence-corrected chi connectivity index (χ3v) is 1.85. The van der Waals surface area contributed by atoms with Crippen LogP contribution in [0.25, 0.3) is 6.08 Å². The molecule has 0 radical (unpaired) electrons. The van der Waals surface area contributed by atoms with Crippen LogP contribution in [0.15, 0.2) is 24.3 Å². The average molecular weight is 251 g/mol. The Balaban J connectivity index is 3.14. The van der Waals surface area contributed by atoms with Crippen molar-refractivity contribution in [2.75, 3.05) is 0 Å². The van der Waals surface area contributed by atoms with Crippen LogP contribution in [0, 0.1) is 10.1 Å². The van der Waals surface area contributed by atoms with E-state index in [0.717, 1.165) is 19.1 Å². The largest absolute Gasteiger partial charge is 0.478 e. The first-order valence-electron chi connectivity index (χ1n) is 4.78. The number of hydrogen-bond acceptors (Lipinski definition) is 5. The molecule has 0 fully saturated rings. The van der Waals surface area contributed by atoms with Crippen molar-refractivity contribution < 1.29 is 24.4 Å². The molecule has 0 unspecified atom stereocenters. The summed E-state index contributed by atoms with van der Waals surface area (Å²) >= 11 is 0. The molecule has 18 heavy (non-hydrogen) atoms. The van der Waals surface area contributed by atoms with Gasteiger partial charge in [0.15, 0.2) is 0 Å². The number of nitrogens with zero attached hydrogens (tertiary/aromatic N) is 1. The number of nitro benzene ring substituents is 1. The van der Waals surface area contributed by atoms with Crippen LogP contribution in [0.5, 0.6) is 5.75 Å². The fourth-order valence-corrected chi connectivity index (χ4v) is 1.19. The van der Waals surface area contributed by atoms with E-state index in [0.29, 0.717) is 5.56 Å². The number of benzene rings is 1. The molecule has 1 rings (SSSR count). The number of esters is 1. The van der Waals surface area contributed by atoms with Crippen molar-refractivity contribution in [1.82, 2.24) is 0 Å². The van der Waals surface area contributed by atoms with Crippen LogP contribution in [-0.4, -0.2) is 22.0 Å². The second kappa shape index (κ2) is 5.58. The Bertz CT molecular complexity index is 534. The van der Waals surface area contributed by atoms with Crippen LogP contribution < -0.4 is 4.74 Å². The summed E-state index contributed by atoms with van der Waals surface area (Å²) in [6.45, 7) is 1.13. The van der Waals surface area contributed by atoms with E-state index in [2.05, 4.69) is 4.74 Å². The zero-order valence-corrected chi connectivity index (χ0v) is 9.32. The lowest BCUT2D eigenvalue weighted by molar-refractivity contribution is -0.385. The number of nitro groups is 1. The number of carboxylic acid groups (broad SMARTS) is 1. The molecule has 0 aromatic heterocycles. The van der Waals surface area contributed by atoms with Gasteiger partial charge in [0.2, 0.25) is 5.75 Å². The Morgan fingerprint density at radius 1 is 1.44 bits per heavy atom. The topological polar surface area (TPSA) is 107 Å². The first-order valence-corrected chi connectivity index (χ1v) is 4.78. The maximum atomic E-state index is 10.8. The van der Waals surface area contributed by atoms with Crippen LogP contribution in [0.1, 0.15) is 12.5 Å². The molecule has 0 heterocycles. The molecule has 0 aliphatic heterocycles. The minimum atomic E-state index is -1.17. The highest BCUT2D eigenvalue weighted by molar-refractivity contribution is 5.85. The monoisotopic (exact) mass is 251 g/mol. The maximum absolute atomic E-state index is 10.8. The molecule has 7 nitrogen and oxygen atoms in total. The molecule has 0 saturated carbocycles. The number of aliphatic carboxylic acids is 1. The standard InChI is InChI=1S/C11H9NO6/c1-7(13)18-10-4-2-8(3-5-11(14)15)6-9(10)12(16)17/h2-6H,1H3,(H,14,15). The Morgan fingerprint density at radius 3 is 2.61 bits per heavy atom. The van der Waals surface area contributed by atoms with Gasteiger partial charge in [0, 0.05) is 19.1 Å². The molecule has 1 aromatic carbocycles. The van der Waals surface area contributed by atoms with Gasteiger partial charge in [0.25, 0.3) is 0 Å². The molecular formula is C11H9NO6. The smallest absolute Gasteiger partial charge is 0.328 e. The van der Waals surface area contributed by atoms with E-state index < -0.39 is 22.5 Å². The molecule has 0 atom stereocenters. The zero-order chi connectivity index (χ0) is 13.7. The van der Waals surface area contributed by atoms with Crippen molar-refractivity contribution in [3.05, 3.63) is 40.0 Å². The first-order chi connectivity index (χ1) is 8.40. The van der Waals surface area contributed by atoms with Gasteiger partial charge in [0.1, 0.15) is 0 Å². The van der Waals surface area contributed by atoms with Gasteiger partial charge in [-0.3, -0.25) is 14.9 Å². The number of carboxylic acids is 1. The minimum Gasteiger partial charge on any atom is -0.478 e. The fourth-order valence-electron chi connectivity index (χ4n) is 1.19. The summed E-state index contributed by atoms with van der Waals surface area (Å²) in [5, 5.41) is 19.2. The Kier molecular flexibility index (Phi) is 4.14. The summed E-state index contributed by atoms with van der Waals surface area (Å²) < 4.78 is 4.67. The summed E-state index contributed by atoms with van der Waals surface area (Å²) in [6.07, 6.45) is 2.05. The van der Waals surface area contributed by atoms with Crippen LogP contribution in [-0.2, 0) is 9.59 Å². The van der Waals surface area contributed by atoms with Crippen molar-refractivity contribution in [1.29, 1.82) is 0 Å². The van der Waals surface area contributed by atoms with Gasteiger partial charge in [-0.1, -0.05) is 6.07 Å². The predicted molar refractivity (Wildman–Crippen MR) is 61.1 cm³/mol. The van der Waals surface area contributed by atoms with Gasteiger partial charge >= 0.3 is 17.6 Å². The van der Waals surface area contributed by atoms with Crippen molar-refractivity contribution in [3.63, 3.8) is 0 Å². The van der Waals surface area contributed by atoms with E-state index in [4.69, 9.17) is 5.11 Å². The number of ether oxygens (including phenoxy) is 1. The molecule has 0 aliphatic rings. The highest BCUT2D eigenvalue weighted by Gasteiger charge is 2.16. The van der Waals surface area contributed by atoms with E-state index in [1.807, 2.05) is 0 Å². The number of rotatable bonds is 4. The highest BCUT2D eigenvalue weighted by Crippen LogP contribution is 2.28. The lowest BCUT2D eigenvalue weighted by atomic mass is 10.1. The number of carbonyl (C=O) groups is 2. The molecule has 94 valence electrons. The van der Waals surface area contributed by atoms with Crippen molar-refractivity contribution in [2.24, 2.45) is 0 Å². The normalized spacial score (nSPS) is 10.3. The molecule has 1 N–H and O–H groups in total. The molecule has 7 heteroatoms. The van der Waals surface area contributed by atoms with E-state index in [9.17, 15) is 19.7 Å². The third kappa shape index (κ3) is 3.71. The van der Waals surface area contributed by atoms with Gasteiger partial charge in [-0.2, -0.15) is 0 Å². The van der Waals surface area contributed by atoms with E-state index in [1.54, 1.807) is 0 Å². The Morgan fingerprint density at radius 2 is 2.11 bits per heavy atom. The van der Waals surface area contributed by atoms with Crippen LogP contribution in [0.3, 0.4) is 0 Å². The Labute approximate surface area is 101 Å². The molecule has 1 aromatic rings. The summed E-state index contributed by atoms with van der Waals surface area (Å²) in [5.41, 5.74) is -0.0854. The van der Waals surface area contributed by atoms with Crippen LogP contribution >= 0.6 is 0 Å². The number of hydrogen-bond donors (Lipinski definition) is 1. The quantitative estimate of drug-likeness (QED) is 0.286. The van der Waals surface area contributed by atoms with Gasteiger partial charge in [-0.15, -0.1) is 0 Å². The van der Waals surface area contributed by atoms with E-state index >= 15 is 0 Å². The third-order valence-electron chi connectivity index (χ3n) is 1.85. The van der Waals surface area contributed by atoms with E-state index in [1.165, 1.54) is 18.2 Å². The minimum absolute atomic E-state index is 0.181. The van der Waals surface area contributed by atoms with E-state index in [-0.39, 0.29) is 5.75 Å². The molecule has 0 bridgehead atoms. The second-order valence-electron chi connectivity index (χ2n) is 3.25.